The molecule has 0 aliphatic rings. The van der Waals surface area contributed by atoms with Crippen LogP contribution in [0.5, 0.6) is 0 Å². The number of aliphatic hydroxyl groups excluding tert-OH is 1. The third kappa shape index (κ3) is 5.35. The van der Waals surface area contributed by atoms with Gasteiger partial charge in [0.2, 0.25) is 0 Å². The first-order valence-corrected chi connectivity index (χ1v) is 9.26. The van der Waals surface area contributed by atoms with Crippen LogP contribution in [0.2, 0.25) is 0 Å². The van der Waals surface area contributed by atoms with Gasteiger partial charge in [-0.3, -0.25) is 10.0 Å². The molecule has 0 fully saturated rings. The Labute approximate surface area is 178 Å². The lowest BCUT2D eigenvalue weighted by molar-refractivity contribution is -0.603. The highest BCUT2D eigenvalue weighted by Gasteiger charge is 2.15. The Bertz CT molecular complexity index is 1210. The number of carbonyl (C=O) groups excluding carboxylic acids is 1. The third-order valence-electron chi connectivity index (χ3n) is 4.48. The lowest BCUT2D eigenvalue weighted by Crippen LogP contribution is -2.25. The smallest absolute Gasteiger partial charge is 0.275 e. The molecule has 0 radical (unpaired) electrons. The van der Waals surface area contributed by atoms with Crippen molar-refractivity contribution in [3.05, 3.63) is 65.1 Å². The van der Waals surface area contributed by atoms with Crippen LogP contribution in [0.1, 0.15) is 22.3 Å². The molecule has 0 aliphatic heterocycles. The fourth-order valence-electron chi connectivity index (χ4n) is 2.81. The SMILES string of the molecule is COC(CO)CC#CC#Cc1ccc(-c2cc(C(=O)NO)c3c[n+]([O-])ccc3n2)cc1. The van der Waals surface area contributed by atoms with Crippen LogP contribution in [0, 0.1) is 28.9 Å². The van der Waals surface area contributed by atoms with Crippen LogP contribution in [0.25, 0.3) is 22.2 Å². The summed E-state index contributed by atoms with van der Waals surface area (Å²) in [4.78, 5) is 16.6. The van der Waals surface area contributed by atoms with E-state index in [9.17, 15) is 10.0 Å². The molecule has 156 valence electrons. The van der Waals surface area contributed by atoms with Gasteiger partial charge in [0.05, 0.1) is 34.9 Å². The van der Waals surface area contributed by atoms with Crippen molar-refractivity contribution in [1.29, 1.82) is 0 Å². The summed E-state index contributed by atoms with van der Waals surface area (Å²) in [5, 5.41) is 30.0. The highest BCUT2D eigenvalue weighted by Crippen LogP contribution is 2.24. The van der Waals surface area contributed by atoms with Gasteiger partial charge in [-0.25, -0.2) is 10.5 Å². The number of rotatable bonds is 5. The normalized spacial score (nSPS) is 11.1. The second kappa shape index (κ2) is 10.2. The number of hydroxylamine groups is 1. The van der Waals surface area contributed by atoms with Gasteiger partial charge in [0, 0.05) is 30.7 Å². The monoisotopic (exact) mass is 417 g/mol. The predicted octanol–water partition coefficient (Wildman–Crippen LogP) is 1.41. The van der Waals surface area contributed by atoms with Crippen LogP contribution >= 0.6 is 0 Å². The van der Waals surface area contributed by atoms with Gasteiger partial charge in [-0.1, -0.05) is 24.0 Å². The standard InChI is InChI=1S/C23H19N3O5/c1-31-18(15-27)6-4-2-3-5-16-7-9-17(10-8-16)22-13-19(23(28)25-29)20-14-26(30)12-11-21(20)24-22/h7-14,18,27,29H,6,15H2,1H3,(H,25,28). The number of nitrogens with one attached hydrogen (secondary N) is 1. The third-order valence-corrected chi connectivity index (χ3v) is 4.48. The summed E-state index contributed by atoms with van der Waals surface area (Å²) in [6.45, 7) is -0.0958. The van der Waals surface area contributed by atoms with Gasteiger partial charge in [-0.15, -0.1) is 0 Å². The Morgan fingerprint density at radius 3 is 2.74 bits per heavy atom. The van der Waals surface area contributed by atoms with Crippen molar-refractivity contribution >= 4 is 16.8 Å². The minimum Gasteiger partial charge on any atom is -0.619 e. The molecule has 0 aliphatic carbocycles. The number of benzene rings is 1. The quantitative estimate of drug-likeness (QED) is 0.190. The Hall–Kier alpha value is -3.95. The van der Waals surface area contributed by atoms with Crippen molar-refractivity contribution in [3.63, 3.8) is 0 Å². The number of methoxy groups -OCH3 is 1. The fraction of sp³-hybridized carbons (Fsp3) is 0.174. The molecule has 1 atom stereocenters. The van der Waals surface area contributed by atoms with E-state index < -0.39 is 5.91 Å². The number of ether oxygens (including phenoxy) is 1. The highest BCUT2D eigenvalue weighted by molar-refractivity contribution is 6.06. The Balaban J connectivity index is 1.86. The minimum atomic E-state index is -0.738. The van der Waals surface area contributed by atoms with Crippen LogP contribution in [0.4, 0.5) is 0 Å². The topological polar surface area (TPSA) is 119 Å². The van der Waals surface area contributed by atoms with Crippen molar-refractivity contribution in [2.45, 2.75) is 12.5 Å². The van der Waals surface area contributed by atoms with Gasteiger partial charge in [0.15, 0.2) is 12.4 Å². The average Bonchev–Trinajstić information content (AvgIpc) is 2.80. The van der Waals surface area contributed by atoms with Crippen LogP contribution in [0.3, 0.4) is 0 Å². The van der Waals surface area contributed by atoms with Crippen molar-refractivity contribution in [2.75, 3.05) is 13.7 Å². The van der Waals surface area contributed by atoms with Crippen molar-refractivity contribution in [1.82, 2.24) is 10.5 Å². The molecule has 2 aromatic heterocycles. The van der Waals surface area contributed by atoms with Gasteiger partial charge >= 0.3 is 0 Å². The maximum absolute atomic E-state index is 12.1. The summed E-state index contributed by atoms with van der Waals surface area (Å²) in [6.07, 6.45) is 2.59. The van der Waals surface area contributed by atoms with Crippen LogP contribution in [0.15, 0.2) is 48.8 Å². The van der Waals surface area contributed by atoms with Gasteiger partial charge in [-0.05, 0) is 30.0 Å². The zero-order valence-electron chi connectivity index (χ0n) is 16.6. The first kappa shape index (κ1) is 21.8. The van der Waals surface area contributed by atoms with E-state index >= 15 is 0 Å². The molecule has 1 amide bonds. The molecular weight excluding hydrogens is 398 g/mol. The van der Waals surface area contributed by atoms with Gasteiger partial charge in [0.1, 0.15) is 0 Å². The van der Waals surface area contributed by atoms with E-state index in [-0.39, 0.29) is 18.3 Å². The molecule has 0 spiro atoms. The summed E-state index contributed by atoms with van der Waals surface area (Å²) < 4.78 is 5.58. The lowest BCUT2D eigenvalue weighted by Gasteiger charge is -2.08. The molecule has 3 aromatic rings. The summed E-state index contributed by atoms with van der Waals surface area (Å²) in [5.41, 5.74) is 4.15. The van der Waals surface area contributed by atoms with E-state index in [1.807, 2.05) is 0 Å². The lowest BCUT2D eigenvalue weighted by atomic mass is 10.0. The van der Waals surface area contributed by atoms with E-state index in [2.05, 4.69) is 28.7 Å². The maximum atomic E-state index is 12.1. The number of nitrogens with zero attached hydrogens (tertiary/aromatic N) is 2. The van der Waals surface area contributed by atoms with E-state index in [0.29, 0.717) is 27.7 Å². The number of hydrogen-bond donors (Lipinski definition) is 3. The van der Waals surface area contributed by atoms with Gasteiger partial charge < -0.3 is 15.1 Å². The molecule has 2 heterocycles. The summed E-state index contributed by atoms with van der Waals surface area (Å²) in [5.74, 6) is 10.5. The molecular formula is C23H19N3O5. The summed E-state index contributed by atoms with van der Waals surface area (Å²) in [7, 11) is 1.51. The van der Waals surface area contributed by atoms with Gasteiger partial charge in [-0.2, -0.15) is 4.73 Å². The first-order valence-electron chi connectivity index (χ1n) is 9.26. The van der Waals surface area contributed by atoms with E-state index in [0.717, 1.165) is 11.1 Å². The summed E-state index contributed by atoms with van der Waals surface area (Å²) in [6, 6.07) is 10.2. The minimum absolute atomic E-state index is 0.0958. The summed E-state index contributed by atoms with van der Waals surface area (Å²) >= 11 is 0. The second-order valence-electron chi connectivity index (χ2n) is 6.47. The number of aliphatic hydroxyl groups is 1. The molecule has 8 heteroatoms. The number of fused-ring (bicyclic) bond motifs is 1. The highest BCUT2D eigenvalue weighted by atomic mass is 16.5. The molecule has 0 bridgehead atoms. The molecule has 1 aromatic carbocycles. The Kier molecular flexibility index (Phi) is 7.15. The van der Waals surface area contributed by atoms with Crippen LogP contribution in [-0.4, -0.2) is 41.0 Å². The van der Waals surface area contributed by atoms with Crippen molar-refractivity contribution < 1.29 is 24.6 Å². The van der Waals surface area contributed by atoms with E-state index in [1.165, 1.54) is 31.6 Å². The molecule has 3 rings (SSSR count). The van der Waals surface area contributed by atoms with Crippen molar-refractivity contribution in [3.8, 4) is 34.9 Å². The average molecular weight is 417 g/mol. The largest absolute Gasteiger partial charge is 0.619 e. The molecule has 31 heavy (non-hydrogen) atoms. The van der Waals surface area contributed by atoms with E-state index in [4.69, 9.17) is 15.1 Å². The van der Waals surface area contributed by atoms with Crippen LogP contribution < -0.4 is 10.2 Å². The molecule has 3 N–H and O–H groups in total. The molecule has 8 nitrogen and oxygen atoms in total. The number of carbonyl (C=O) groups is 1. The fourth-order valence-corrected chi connectivity index (χ4v) is 2.81. The first-order chi connectivity index (χ1) is 15.0. The van der Waals surface area contributed by atoms with E-state index in [1.54, 1.807) is 29.7 Å². The number of pyridine rings is 2. The predicted molar refractivity (Wildman–Crippen MR) is 113 cm³/mol. The molecule has 0 saturated carbocycles. The second-order valence-corrected chi connectivity index (χ2v) is 6.47. The number of hydrogen-bond acceptors (Lipinski definition) is 6. The number of amides is 1. The molecule has 1 unspecified atom stereocenters. The Morgan fingerprint density at radius 2 is 2.06 bits per heavy atom. The maximum Gasteiger partial charge on any atom is 0.275 e. The van der Waals surface area contributed by atoms with Crippen molar-refractivity contribution in [2.24, 2.45) is 0 Å². The zero-order valence-corrected chi connectivity index (χ0v) is 16.6. The van der Waals surface area contributed by atoms with Crippen LogP contribution in [-0.2, 0) is 4.74 Å². The Morgan fingerprint density at radius 1 is 1.29 bits per heavy atom. The zero-order chi connectivity index (χ0) is 22.2. The number of aromatic nitrogens is 2. The van der Waals surface area contributed by atoms with Gasteiger partial charge in [0.25, 0.3) is 5.91 Å². The molecule has 0 saturated heterocycles.